The van der Waals surface area contributed by atoms with Gasteiger partial charge in [-0.3, -0.25) is 9.48 Å². The summed E-state index contributed by atoms with van der Waals surface area (Å²) < 4.78 is 1.74. The number of aromatic nitrogens is 3. The molecule has 2 rings (SSSR count). The highest BCUT2D eigenvalue weighted by Crippen LogP contribution is 2.17. The molecule has 0 radical (unpaired) electrons. The predicted molar refractivity (Wildman–Crippen MR) is 82.6 cm³/mol. The Labute approximate surface area is 129 Å². The van der Waals surface area contributed by atoms with E-state index in [0.717, 1.165) is 11.4 Å². The third-order valence-electron chi connectivity index (χ3n) is 3.10. The Morgan fingerprint density at radius 1 is 1.43 bits per heavy atom. The summed E-state index contributed by atoms with van der Waals surface area (Å²) in [6.45, 7) is 4.57. The average molecular weight is 307 g/mol. The molecule has 0 aliphatic carbocycles. The van der Waals surface area contributed by atoms with Gasteiger partial charge in [0.25, 0.3) is 5.91 Å². The summed E-state index contributed by atoms with van der Waals surface area (Å²) in [4.78, 5) is 16.4. The molecule has 0 aliphatic heterocycles. The summed E-state index contributed by atoms with van der Waals surface area (Å²) in [7, 11) is 1.87. The fourth-order valence-electron chi connectivity index (χ4n) is 1.95. The van der Waals surface area contributed by atoms with Crippen LogP contribution in [0.3, 0.4) is 0 Å². The number of nitrogens with one attached hydrogen (secondary N) is 1. The molecule has 2 aromatic rings. The van der Waals surface area contributed by atoms with Crippen LogP contribution in [0.1, 0.15) is 41.5 Å². The van der Waals surface area contributed by atoms with Crippen molar-refractivity contribution >= 4 is 17.5 Å². The lowest BCUT2D eigenvalue weighted by Gasteiger charge is -2.09. The van der Waals surface area contributed by atoms with Crippen molar-refractivity contribution in [1.82, 2.24) is 20.1 Å². The van der Waals surface area contributed by atoms with Crippen molar-refractivity contribution in [2.24, 2.45) is 7.05 Å². The van der Waals surface area contributed by atoms with Gasteiger partial charge in [-0.2, -0.15) is 5.10 Å². The molecule has 0 fully saturated rings. The van der Waals surface area contributed by atoms with Crippen molar-refractivity contribution in [3.8, 4) is 0 Å². The summed E-state index contributed by atoms with van der Waals surface area (Å²) in [6, 6.07) is 5.31. The number of amides is 1. The summed E-state index contributed by atoms with van der Waals surface area (Å²) in [5.74, 6) is 0.0842. The molecule has 0 bridgehead atoms. The molecule has 0 atom stereocenters. The summed E-state index contributed by atoms with van der Waals surface area (Å²) >= 11 is 5.97. The van der Waals surface area contributed by atoms with E-state index >= 15 is 0 Å². The van der Waals surface area contributed by atoms with E-state index in [1.807, 2.05) is 33.2 Å². The molecule has 0 aliphatic rings. The quantitative estimate of drug-likeness (QED) is 0.864. The van der Waals surface area contributed by atoms with Crippen molar-refractivity contribution in [3.63, 3.8) is 0 Å². The first kappa shape index (κ1) is 15.5. The standard InChI is InChI=1S/C15H19ClN4O/c1-10(2)13-8-11(9-14(16)18-13)15(21)17-6-4-12-5-7-20(3)19-12/h5,7-10H,4,6H2,1-3H3,(H,17,21). The summed E-state index contributed by atoms with van der Waals surface area (Å²) in [5, 5.41) is 7.48. The van der Waals surface area contributed by atoms with Gasteiger partial charge in [0.1, 0.15) is 5.15 Å². The molecular formula is C15H19ClN4O. The van der Waals surface area contributed by atoms with Crippen LogP contribution in [0.25, 0.3) is 0 Å². The van der Waals surface area contributed by atoms with Crippen LogP contribution in [-0.2, 0) is 13.5 Å². The monoisotopic (exact) mass is 306 g/mol. The number of hydrogen-bond acceptors (Lipinski definition) is 3. The number of hydrogen-bond donors (Lipinski definition) is 1. The number of carbonyl (C=O) groups excluding carboxylic acids is 1. The molecule has 2 heterocycles. The SMILES string of the molecule is CC(C)c1cc(C(=O)NCCc2ccn(C)n2)cc(Cl)n1. The highest BCUT2D eigenvalue weighted by Gasteiger charge is 2.11. The number of rotatable bonds is 5. The predicted octanol–water partition coefficient (Wildman–Crippen LogP) is 2.56. The molecule has 5 nitrogen and oxygen atoms in total. The average Bonchev–Trinajstić information content (AvgIpc) is 2.83. The van der Waals surface area contributed by atoms with Crippen LogP contribution in [0.5, 0.6) is 0 Å². The molecule has 1 amide bonds. The van der Waals surface area contributed by atoms with Gasteiger partial charge < -0.3 is 5.32 Å². The first-order valence-electron chi connectivity index (χ1n) is 6.90. The minimum absolute atomic E-state index is 0.142. The van der Waals surface area contributed by atoms with E-state index in [4.69, 9.17) is 11.6 Å². The Morgan fingerprint density at radius 3 is 2.81 bits per heavy atom. The van der Waals surface area contributed by atoms with Crippen molar-refractivity contribution in [2.75, 3.05) is 6.54 Å². The molecule has 1 N–H and O–H groups in total. The number of aryl methyl sites for hydroxylation is 1. The second-order valence-corrected chi connectivity index (χ2v) is 5.63. The minimum atomic E-state index is -0.142. The lowest BCUT2D eigenvalue weighted by atomic mass is 10.1. The molecule has 112 valence electrons. The van der Waals surface area contributed by atoms with Gasteiger partial charge in [0.2, 0.25) is 0 Å². The third-order valence-corrected chi connectivity index (χ3v) is 3.30. The van der Waals surface area contributed by atoms with Gasteiger partial charge in [-0.25, -0.2) is 4.98 Å². The topological polar surface area (TPSA) is 59.8 Å². The molecule has 6 heteroatoms. The van der Waals surface area contributed by atoms with Crippen molar-refractivity contribution in [1.29, 1.82) is 0 Å². The number of carbonyl (C=O) groups is 1. The van der Waals surface area contributed by atoms with Gasteiger partial charge in [-0.15, -0.1) is 0 Å². The van der Waals surface area contributed by atoms with Crippen molar-refractivity contribution in [3.05, 3.63) is 46.5 Å². The largest absolute Gasteiger partial charge is 0.352 e. The number of pyridine rings is 1. The molecule has 0 saturated heterocycles. The first-order valence-corrected chi connectivity index (χ1v) is 7.27. The zero-order chi connectivity index (χ0) is 15.4. The van der Waals surface area contributed by atoms with Crippen molar-refractivity contribution in [2.45, 2.75) is 26.2 Å². The smallest absolute Gasteiger partial charge is 0.251 e. The first-order chi connectivity index (χ1) is 9.95. The van der Waals surface area contributed by atoms with Gasteiger partial charge in [-0.05, 0) is 24.1 Å². The lowest BCUT2D eigenvalue weighted by Crippen LogP contribution is -2.26. The maximum Gasteiger partial charge on any atom is 0.251 e. The van der Waals surface area contributed by atoms with Gasteiger partial charge in [-0.1, -0.05) is 25.4 Å². The van der Waals surface area contributed by atoms with Gasteiger partial charge >= 0.3 is 0 Å². The maximum atomic E-state index is 12.1. The van der Waals surface area contributed by atoms with E-state index < -0.39 is 0 Å². The lowest BCUT2D eigenvalue weighted by molar-refractivity contribution is 0.0954. The van der Waals surface area contributed by atoms with Crippen LogP contribution in [-0.4, -0.2) is 27.2 Å². The molecule has 0 aromatic carbocycles. The highest BCUT2D eigenvalue weighted by atomic mass is 35.5. The maximum absolute atomic E-state index is 12.1. The van der Waals surface area contributed by atoms with E-state index in [2.05, 4.69) is 15.4 Å². The molecule has 0 spiro atoms. The fraction of sp³-hybridized carbons (Fsp3) is 0.400. The van der Waals surface area contributed by atoms with Crippen LogP contribution in [0, 0.1) is 0 Å². The Hall–Kier alpha value is -1.88. The van der Waals surface area contributed by atoms with Crippen LogP contribution in [0.2, 0.25) is 5.15 Å². The Balaban J connectivity index is 1.96. The van der Waals surface area contributed by atoms with E-state index in [1.54, 1.807) is 16.8 Å². The van der Waals surface area contributed by atoms with E-state index in [0.29, 0.717) is 23.7 Å². The summed E-state index contributed by atoms with van der Waals surface area (Å²) in [5.41, 5.74) is 2.31. The second-order valence-electron chi connectivity index (χ2n) is 5.24. The second kappa shape index (κ2) is 6.72. The molecular weight excluding hydrogens is 288 g/mol. The summed E-state index contributed by atoms with van der Waals surface area (Å²) in [6.07, 6.45) is 2.58. The van der Waals surface area contributed by atoms with Crippen molar-refractivity contribution < 1.29 is 4.79 Å². The van der Waals surface area contributed by atoms with Crippen LogP contribution < -0.4 is 5.32 Å². The van der Waals surface area contributed by atoms with Gasteiger partial charge in [0.15, 0.2) is 0 Å². The van der Waals surface area contributed by atoms with Crippen LogP contribution >= 0.6 is 11.6 Å². The molecule has 0 unspecified atom stereocenters. The van der Waals surface area contributed by atoms with Crippen LogP contribution in [0.4, 0.5) is 0 Å². The Kier molecular flexibility index (Phi) is 4.96. The fourth-order valence-corrected chi connectivity index (χ4v) is 2.16. The van der Waals surface area contributed by atoms with Gasteiger partial charge in [0, 0.05) is 37.5 Å². The molecule has 2 aromatic heterocycles. The zero-order valence-corrected chi connectivity index (χ0v) is 13.2. The van der Waals surface area contributed by atoms with Gasteiger partial charge in [0.05, 0.1) is 5.69 Å². The third kappa shape index (κ3) is 4.29. The molecule has 0 saturated carbocycles. The van der Waals surface area contributed by atoms with E-state index in [9.17, 15) is 4.79 Å². The number of nitrogens with zero attached hydrogens (tertiary/aromatic N) is 3. The highest BCUT2D eigenvalue weighted by molar-refractivity contribution is 6.29. The van der Waals surface area contributed by atoms with E-state index in [1.165, 1.54) is 0 Å². The Morgan fingerprint density at radius 2 is 2.19 bits per heavy atom. The van der Waals surface area contributed by atoms with E-state index in [-0.39, 0.29) is 11.8 Å². The zero-order valence-electron chi connectivity index (χ0n) is 12.4. The number of halogens is 1. The van der Waals surface area contributed by atoms with Crippen LogP contribution in [0.15, 0.2) is 24.4 Å². The molecule has 21 heavy (non-hydrogen) atoms. The minimum Gasteiger partial charge on any atom is -0.352 e. The normalized spacial score (nSPS) is 10.9. The Bertz CT molecular complexity index is 636.